The molecule has 1 atom stereocenters. The van der Waals surface area contributed by atoms with Gasteiger partial charge in [-0.15, -0.1) is 11.3 Å². The van der Waals surface area contributed by atoms with E-state index in [9.17, 15) is 8.42 Å². The Balaban J connectivity index is 2.06. The number of benzene rings is 1. The highest BCUT2D eigenvalue weighted by Crippen LogP contribution is 2.39. The lowest BCUT2D eigenvalue weighted by Gasteiger charge is -2.33. The lowest BCUT2D eigenvalue weighted by atomic mass is 10.0. The van der Waals surface area contributed by atoms with E-state index in [4.69, 9.17) is 9.47 Å². The molecule has 0 aliphatic carbocycles. The number of hydrogen-bond acceptors (Lipinski definition) is 5. The van der Waals surface area contributed by atoms with Crippen molar-refractivity contribution in [1.29, 1.82) is 0 Å². The predicted octanol–water partition coefficient (Wildman–Crippen LogP) is 3.07. The molecule has 0 radical (unpaired) electrons. The fraction of sp³-hybridized carbons (Fsp3) is 0.375. The minimum Gasteiger partial charge on any atom is -0.497 e. The second kappa shape index (κ2) is 6.14. The zero-order valence-electron chi connectivity index (χ0n) is 13.3. The number of fused-ring (bicyclic) bond motifs is 1. The van der Waals surface area contributed by atoms with E-state index < -0.39 is 10.0 Å². The number of ether oxygens (including phenoxy) is 2. The Bertz CT molecular complexity index is 813. The van der Waals surface area contributed by atoms with Crippen LogP contribution in [0, 0.1) is 0 Å². The lowest BCUT2D eigenvalue weighted by molar-refractivity contribution is 0.325. The van der Waals surface area contributed by atoms with Gasteiger partial charge in [0.2, 0.25) is 10.0 Å². The quantitative estimate of drug-likeness (QED) is 0.848. The molecule has 5 nitrogen and oxygen atoms in total. The molecule has 2 heterocycles. The molecular weight excluding hydrogens is 334 g/mol. The Morgan fingerprint density at radius 3 is 2.70 bits per heavy atom. The zero-order valence-corrected chi connectivity index (χ0v) is 14.9. The first kappa shape index (κ1) is 16.3. The second-order valence-electron chi connectivity index (χ2n) is 5.36. The number of nitrogens with zero attached hydrogens (tertiary/aromatic N) is 1. The molecule has 0 N–H and O–H groups in total. The molecule has 2 aromatic rings. The first-order valence-electron chi connectivity index (χ1n) is 7.29. The Labute approximate surface area is 140 Å². The van der Waals surface area contributed by atoms with Crippen molar-refractivity contribution in [2.24, 2.45) is 0 Å². The van der Waals surface area contributed by atoms with E-state index in [-0.39, 0.29) is 10.9 Å². The van der Waals surface area contributed by atoms with Crippen LogP contribution in [0.15, 0.2) is 34.5 Å². The fourth-order valence-corrected chi connectivity index (χ4v) is 5.67. The number of hydrogen-bond donors (Lipinski definition) is 0. The Kier molecular flexibility index (Phi) is 4.35. The van der Waals surface area contributed by atoms with Crippen LogP contribution in [-0.4, -0.2) is 33.5 Å². The third-order valence-corrected chi connectivity index (χ3v) is 7.17. The molecule has 0 bridgehead atoms. The van der Waals surface area contributed by atoms with E-state index in [0.29, 0.717) is 18.0 Å². The lowest BCUT2D eigenvalue weighted by Crippen LogP contribution is -2.38. The third-order valence-electron chi connectivity index (χ3n) is 4.18. The molecule has 1 aliphatic rings. The summed E-state index contributed by atoms with van der Waals surface area (Å²) >= 11 is 1.69. The van der Waals surface area contributed by atoms with Crippen LogP contribution >= 0.6 is 11.3 Å². The van der Waals surface area contributed by atoms with E-state index in [0.717, 1.165) is 12.0 Å². The fourth-order valence-electron chi connectivity index (χ4n) is 2.93. The van der Waals surface area contributed by atoms with Crippen LogP contribution in [0.4, 0.5) is 0 Å². The van der Waals surface area contributed by atoms with Gasteiger partial charge >= 0.3 is 0 Å². The Morgan fingerprint density at radius 2 is 2.00 bits per heavy atom. The van der Waals surface area contributed by atoms with Crippen molar-refractivity contribution < 1.29 is 17.9 Å². The minimum atomic E-state index is -3.67. The Morgan fingerprint density at radius 1 is 1.22 bits per heavy atom. The maximum absolute atomic E-state index is 13.2. The SMILES string of the molecule is COc1ccc(OC)c(S(=O)(=O)N2CCc3sccc3[C@H]2C)c1. The predicted molar refractivity (Wildman–Crippen MR) is 89.9 cm³/mol. The first-order chi connectivity index (χ1) is 11.0. The summed E-state index contributed by atoms with van der Waals surface area (Å²) in [5.41, 5.74) is 1.09. The van der Waals surface area contributed by atoms with Gasteiger partial charge in [0.05, 0.1) is 14.2 Å². The largest absolute Gasteiger partial charge is 0.497 e. The smallest absolute Gasteiger partial charge is 0.247 e. The monoisotopic (exact) mass is 353 g/mol. The van der Waals surface area contributed by atoms with E-state index in [1.54, 1.807) is 27.8 Å². The van der Waals surface area contributed by atoms with Crippen molar-refractivity contribution in [3.63, 3.8) is 0 Å². The van der Waals surface area contributed by atoms with Crippen LogP contribution in [-0.2, 0) is 16.4 Å². The van der Waals surface area contributed by atoms with E-state index in [1.807, 2.05) is 18.4 Å². The number of methoxy groups -OCH3 is 2. The molecule has 3 rings (SSSR count). The summed E-state index contributed by atoms with van der Waals surface area (Å²) in [6.45, 7) is 2.40. The standard InChI is InChI=1S/C16H19NO4S2/c1-11-13-7-9-22-15(13)6-8-17(11)23(18,19)16-10-12(20-2)4-5-14(16)21-3/h4-5,7,9-11H,6,8H2,1-3H3/t11-/m1/s1. The van der Waals surface area contributed by atoms with Crippen molar-refractivity contribution in [3.8, 4) is 11.5 Å². The van der Waals surface area contributed by atoms with Crippen LogP contribution in [0.25, 0.3) is 0 Å². The molecule has 1 aromatic carbocycles. The molecule has 124 valence electrons. The average Bonchev–Trinajstić information content (AvgIpc) is 3.03. The summed E-state index contributed by atoms with van der Waals surface area (Å²) in [6, 6.07) is 6.65. The maximum Gasteiger partial charge on any atom is 0.247 e. The van der Waals surface area contributed by atoms with Crippen LogP contribution < -0.4 is 9.47 Å². The first-order valence-corrected chi connectivity index (χ1v) is 9.61. The average molecular weight is 353 g/mol. The van der Waals surface area contributed by atoms with Crippen molar-refractivity contribution in [3.05, 3.63) is 40.1 Å². The molecule has 7 heteroatoms. The molecular formula is C16H19NO4S2. The van der Waals surface area contributed by atoms with Gasteiger partial charge in [-0.05, 0) is 42.5 Å². The van der Waals surface area contributed by atoms with Gasteiger partial charge in [0, 0.05) is 23.5 Å². The van der Waals surface area contributed by atoms with Gasteiger partial charge in [0.25, 0.3) is 0 Å². The highest BCUT2D eigenvalue weighted by molar-refractivity contribution is 7.89. The van der Waals surface area contributed by atoms with Crippen LogP contribution in [0.5, 0.6) is 11.5 Å². The van der Waals surface area contributed by atoms with Crippen LogP contribution in [0.2, 0.25) is 0 Å². The number of thiophene rings is 1. The van der Waals surface area contributed by atoms with Gasteiger partial charge in [0.1, 0.15) is 16.4 Å². The molecule has 0 fully saturated rings. The highest BCUT2D eigenvalue weighted by Gasteiger charge is 2.36. The van der Waals surface area contributed by atoms with Crippen molar-refractivity contribution in [1.82, 2.24) is 4.31 Å². The van der Waals surface area contributed by atoms with E-state index in [1.165, 1.54) is 25.2 Å². The van der Waals surface area contributed by atoms with Crippen molar-refractivity contribution in [2.45, 2.75) is 24.3 Å². The highest BCUT2D eigenvalue weighted by atomic mass is 32.2. The molecule has 1 aliphatic heterocycles. The van der Waals surface area contributed by atoms with Gasteiger partial charge in [-0.3, -0.25) is 0 Å². The zero-order chi connectivity index (χ0) is 16.6. The van der Waals surface area contributed by atoms with Gasteiger partial charge in [0.15, 0.2) is 0 Å². The van der Waals surface area contributed by atoms with Gasteiger partial charge in [-0.2, -0.15) is 4.31 Å². The minimum absolute atomic E-state index is 0.143. The molecule has 0 saturated carbocycles. The molecule has 1 aromatic heterocycles. The summed E-state index contributed by atoms with van der Waals surface area (Å²) in [4.78, 5) is 1.41. The van der Waals surface area contributed by atoms with Gasteiger partial charge in [-0.25, -0.2) is 8.42 Å². The Hall–Kier alpha value is -1.57. The maximum atomic E-state index is 13.2. The molecule has 0 spiro atoms. The molecule has 0 saturated heterocycles. The third kappa shape index (κ3) is 2.73. The normalized spacial score (nSPS) is 18.5. The second-order valence-corrected chi connectivity index (χ2v) is 8.22. The van der Waals surface area contributed by atoms with Crippen LogP contribution in [0.3, 0.4) is 0 Å². The van der Waals surface area contributed by atoms with Crippen molar-refractivity contribution >= 4 is 21.4 Å². The topological polar surface area (TPSA) is 55.8 Å². The summed E-state index contributed by atoms with van der Waals surface area (Å²) in [5, 5.41) is 2.02. The van der Waals surface area contributed by atoms with Crippen LogP contribution in [0.1, 0.15) is 23.4 Å². The number of sulfonamides is 1. The van der Waals surface area contributed by atoms with Crippen molar-refractivity contribution in [2.75, 3.05) is 20.8 Å². The molecule has 0 amide bonds. The summed E-state index contributed by atoms with van der Waals surface area (Å²) < 4.78 is 38.3. The summed E-state index contributed by atoms with van der Waals surface area (Å²) in [7, 11) is -0.691. The van der Waals surface area contributed by atoms with Gasteiger partial charge in [-0.1, -0.05) is 0 Å². The molecule has 23 heavy (non-hydrogen) atoms. The van der Waals surface area contributed by atoms with Gasteiger partial charge < -0.3 is 9.47 Å². The van der Waals surface area contributed by atoms with E-state index in [2.05, 4.69) is 0 Å². The molecule has 0 unspecified atom stereocenters. The summed E-state index contributed by atoms with van der Waals surface area (Å²) in [6.07, 6.45) is 0.739. The number of rotatable bonds is 4. The van der Waals surface area contributed by atoms with E-state index >= 15 is 0 Å². The summed E-state index contributed by atoms with van der Waals surface area (Å²) in [5.74, 6) is 0.819.